The molecule has 0 radical (unpaired) electrons. The zero-order valence-corrected chi connectivity index (χ0v) is 10.9. The molecule has 1 rings (SSSR count). The van der Waals surface area contributed by atoms with Crippen molar-refractivity contribution in [1.29, 1.82) is 0 Å². The van der Waals surface area contributed by atoms with Gasteiger partial charge in [-0.2, -0.15) is 0 Å². The van der Waals surface area contributed by atoms with Gasteiger partial charge in [0.05, 0.1) is 0 Å². The number of nitrogens with one attached hydrogen (secondary N) is 1. The lowest BCUT2D eigenvalue weighted by Crippen LogP contribution is -2.46. The molecular formula is C13H28N2. The topological polar surface area (TPSA) is 15.3 Å². The van der Waals surface area contributed by atoms with Crippen molar-refractivity contribution >= 4 is 0 Å². The smallest absolute Gasteiger partial charge is 0.0197 e. The third-order valence-electron chi connectivity index (χ3n) is 3.83. The fourth-order valence-corrected chi connectivity index (χ4v) is 2.77. The van der Waals surface area contributed by atoms with E-state index in [-0.39, 0.29) is 0 Å². The first kappa shape index (κ1) is 13.0. The number of likely N-dealkylation sites (N-methyl/N-ethyl adjacent to an activating group) is 1. The quantitative estimate of drug-likeness (QED) is 0.753. The van der Waals surface area contributed by atoms with E-state index in [1.54, 1.807) is 0 Å². The summed E-state index contributed by atoms with van der Waals surface area (Å²) < 4.78 is 0. The molecule has 15 heavy (non-hydrogen) atoms. The lowest BCUT2D eigenvalue weighted by molar-refractivity contribution is 0.181. The summed E-state index contributed by atoms with van der Waals surface area (Å²) >= 11 is 0. The highest BCUT2D eigenvalue weighted by Crippen LogP contribution is 2.17. The van der Waals surface area contributed by atoms with Crippen LogP contribution in [0, 0.1) is 5.92 Å². The van der Waals surface area contributed by atoms with Gasteiger partial charge in [0.15, 0.2) is 0 Å². The zero-order valence-electron chi connectivity index (χ0n) is 10.9. The number of hydrogen-bond donors (Lipinski definition) is 1. The van der Waals surface area contributed by atoms with E-state index < -0.39 is 0 Å². The molecule has 0 saturated carbocycles. The first-order chi connectivity index (χ1) is 7.17. The Bertz CT molecular complexity index is 166. The number of hydrogen-bond acceptors (Lipinski definition) is 2. The van der Waals surface area contributed by atoms with Gasteiger partial charge in [0.25, 0.3) is 0 Å². The normalized spacial score (nSPS) is 27.6. The first-order valence-corrected chi connectivity index (χ1v) is 6.60. The van der Waals surface area contributed by atoms with Crippen LogP contribution in [0.25, 0.3) is 0 Å². The van der Waals surface area contributed by atoms with Crippen LogP contribution in [0.15, 0.2) is 0 Å². The van der Waals surface area contributed by atoms with Crippen LogP contribution in [0.4, 0.5) is 0 Å². The minimum atomic E-state index is 0.722. The molecule has 2 heteroatoms. The number of rotatable bonds is 5. The van der Waals surface area contributed by atoms with Crippen molar-refractivity contribution in [3.8, 4) is 0 Å². The van der Waals surface area contributed by atoms with Gasteiger partial charge in [-0.1, -0.05) is 20.8 Å². The van der Waals surface area contributed by atoms with Gasteiger partial charge in [-0.05, 0) is 45.2 Å². The van der Waals surface area contributed by atoms with Crippen LogP contribution in [-0.4, -0.2) is 37.1 Å². The molecule has 0 aromatic rings. The predicted molar refractivity (Wildman–Crippen MR) is 67.2 cm³/mol. The minimum Gasteiger partial charge on any atom is -0.313 e. The number of piperidine rings is 1. The van der Waals surface area contributed by atoms with E-state index in [9.17, 15) is 0 Å². The molecular weight excluding hydrogens is 184 g/mol. The van der Waals surface area contributed by atoms with Crippen LogP contribution in [-0.2, 0) is 0 Å². The summed E-state index contributed by atoms with van der Waals surface area (Å²) in [6, 6.07) is 1.49. The highest BCUT2D eigenvalue weighted by molar-refractivity contribution is 4.80. The molecule has 1 heterocycles. The largest absolute Gasteiger partial charge is 0.313 e. The summed E-state index contributed by atoms with van der Waals surface area (Å²) in [5, 5.41) is 3.64. The van der Waals surface area contributed by atoms with Crippen LogP contribution < -0.4 is 5.32 Å². The maximum absolute atomic E-state index is 3.64. The van der Waals surface area contributed by atoms with Gasteiger partial charge < -0.3 is 10.2 Å². The summed E-state index contributed by atoms with van der Waals surface area (Å²) in [6.45, 7) is 9.40. The van der Waals surface area contributed by atoms with E-state index >= 15 is 0 Å². The first-order valence-electron chi connectivity index (χ1n) is 6.60. The van der Waals surface area contributed by atoms with Crippen molar-refractivity contribution in [2.45, 2.75) is 58.5 Å². The molecule has 1 aliphatic heterocycles. The van der Waals surface area contributed by atoms with Crippen molar-refractivity contribution in [3.05, 3.63) is 0 Å². The maximum atomic E-state index is 3.64. The predicted octanol–water partition coefficient (Wildman–Crippen LogP) is 2.49. The third kappa shape index (κ3) is 4.12. The lowest BCUT2D eigenvalue weighted by Gasteiger charge is -2.34. The lowest BCUT2D eigenvalue weighted by atomic mass is 9.94. The molecule has 1 fully saturated rings. The van der Waals surface area contributed by atoms with Gasteiger partial charge in [-0.15, -0.1) is 0 Å². The molecule has 0 aromatic carbocycles. The average molecular weight is 212 g/mol. The van der Waals surface area contributed by atoms with Gasteiger partial charge in [0.2, 0.25) is 0 Å². The van der Waals surface area contributed by atoms with Gasteiger partial charge in [-0.25, -0.2) is 0 Å². The van der Waals surface area contributed by atoms with Crippen LogP contribution >= 0.6 is 0 Å². The summed E-state index contributed by atoms with van der Waals surface area (Å²) in [4.78, 5) is 2.54. The molecule has 1 N–H and O–H groups in total. The van der Waals surface area contributed by atoms with Crippen LogP contribution in [0.2, 0.25) is 0 Å². The van der Waals surface area contributed by atoms with E-state index in [1.165, 1.54) is 38.8 Å². The molecule has 0 aromatic heterocycles. The molecule has 0 bridgehead atoms. The van der Waals surface area contributed by atoms with Crippen molar-refractivity contribution in [3.63, 3.8) is 0 Å². The number of nitrogens with zero attached hydrogens (tertiary/aromatic N) is 1. The van der Waals surface area contributed by atoms with Crippen LogP contribution in [0.5, 0.6) is 0 Å². The molecule has 1 saturated heterocycles. The van der Waals surface area contributed by atoms with E-state index in [4.69, 9.17) is 0 Å². The fourth-order valence-electron chi connectivity index (χ4n) is 2.77. The summed E-state index contributed by atoms with van der Waals surface area (Å²) in [5.74, 6) is 0.909. The Kier molecular flexibility index (Phi) is 5.62. The molecule has 0 amide bonds. The molecule has 2 unspecified atom stereocenters. The van der Waals surface area contributed by atoms with Gasteiger partial charge in [-0.3, -0.25) is 0 Å². The molecule has 2 nitrogen and oxygen atoms in total. The van der Waals surface area contributed by atoms with E-state index in [0.717, 1.165) is 18.0 Å². The van der Waals surface area contributed by atoms with Crippen LogP contribution in [0.3, 0.4) is 0 Å². The van der Waals surface area contributed by atoms with Gasteiger partial charge >= 0.3 is 0 Å². The van der Waals surface area contributed by atoms with Crippen molar-refractivity contribution in [1.82, 2.24) is 10.2 Å². The standard InChI is InChI=1S/C13H28N2/c1-5-13(6-2)15(4)10-12-9-11(3)7-8-14-12/h11-14H,5-10H2,1-4H3. The Hall–Kier alpha value is -0.0800. The van der Waals surface area contributed by atoms with Crippen LogP contribution in [0.1, 0.15) is 46.5 Å². The summed E-state index contributed by atoms with van der Waals surface area (Å²) in [5.41, 5.74) is 0. The second-order valence-corrected chi connectivity index (χ2v) is 5.19. The average Bonchev–Trinajstić information content (AvgIpc) is 2.19. The molecule has 0 spiro atoms. The van der Waals surface area contributed by atoms with E-state index in [2.05, 4.69) is 38.0 Å². The molecule has 2 atom stereocenters. The van der Waals surface area contributed by atoms with E-state index in [0.29, 0.717) is 0 Å². The Labute approximate surface area is 95.4 Å². The Morgan fingerprint density at radius 3 is 2.53 bits per heavy atom. The van der Waals surface area contributed by atoms with Crippen molar-refractivity contribution in [2.75, 3.05) is 20.1 Å². The monoisotopic (exact) mass is 212 g/mol. The maximum Gasteiger partial charge on any atom is 0.0197 e. The van der Waals surface area contributed by atoms with Crippen molar-refractivity contribution in [2.24, 2.45) is 5.92 Å². The van der Waals surface area contributed by atoms with E-state index in [1.807, 2.05) is 0 Å². The third-order valence-corrected chi connectivity index (χ3v) is 3.83. The summed E-state index contributed by atoms with van der Waals surface area (Å²) in [6.07, 6.45) is 5.25. The van der Waals surface area contributed by atoms with Gasteiger partial charge in [0.1, 0.15) is 0 Å². The highest BCUT2D eigenvalue weighted by Gasteiger charge is 2.21. The molecule has 0 aliphatic carbocycles. The Morgan fingerprint density at radius 1 is 1.33 bits per heavy atom. The highest BCUT2D eigenvalue weighted by atomic mass is 15.2. The summed E-state index contributed by atoms with van der Waals surface area (Å²) in [7, 11) is 2.28. The fraction of sp³-hybridized carbons (Fsp3) is 1.00. The molecule has 90 valence electrons. The molecule has 1 aliphatic rings. The van der Waals surface area contributed by atoms with Gasteiger partial charge in [0, 0.05) is 18.6 Å². The Balaban J connectivity index is 2.32. The minimum absolute atomic E-state index is 0.722. The second kappa shape index (κ2) is 6.49. The SMILES string of the molecule is CCC(CC)N(C)CC1CC(C)CCN1. The van der Waals surface area contributed by atoms with Crippen molar-refractivity contribution < 1.29 is 0 Å². The second-order valence-electron chi connectivity index (χ2n) is 5.19. The zero-order chi connectivity index (χ0) is 11.3. The Morgan fingerprint density at radius 2 is 2.00 bits per heavy atom.